The predicted molar refractivity (Wildman–Crippen MR) is 89.5 cm³/mol. The van der Waals surface area contributed by atoms with Crippen molar-refractivity contribution in [2.45, 2.75) is 30.2 Å². The number of carbonyl (C=O) groups excluding carboxylic acids is 1. The number of rotatable bonds is 5. The van der Waals surface area contributed by atoms with Crippen LogP contribution in [-0.2, 0) is 4.79 Å². The summed E-state index contributed by atoms with van der Waals surface area (Å²) in [7, 11) is 0. The summed E-state index contributed by atoms with van der Waals surface area (Å²) in [5.74, 6) is 0.433. The van der Waals surface area contributed by atoms with Gasteiger partial charge in [-0.05, 0) is 31.4 Å². The molecule has 1 heterocycles. The Morgan fingerprint density at radius 2 is 2.05 bits per heavy atom. The van der Waals surface area contributed by atoms with Crippen molar-refractivity contribution in [2.24, 2.45) is 5.73 Å². The minimum absolute atomic E-state index is 0. The Hall–Kier alpha value is -1.31. The smallest absolute Gasteiger partial charge is 0.269 e. The van der Waals surface area contributed by atoms with Gasteiger partial charge in [-0.3, -0.25) is 14.9 Å². The van der Waals surface area contributed by atoms with Gasteiger partial charge in [-0.1, -0.05) is 0 Å². The molecule has 6 nitrogen and oxygen atoms in total. The van der Waals surface area contributed by atoms with Gasteiger partial charge < -0.3 is 10.6 Å². The predicted octanol–water partition coefficient (Wildman–Crippen LogP) is 2.45. The number of piperidine rings is 1. The average Bonchev–Trinajstić information content (AvgIpc) is 2.52. The van der Waals surface area contributed by atoms with Gasteiger partial charge in [0.25, 0.3) is 5.69 Å². The average molecular weight is 346 g/mol. The summed E-state index contributed by atoms with van der Waals surface area (Å²) in [5.41, 5.74) is 5.78. The van der Waals surface area contributed by atoms with Crippen LogP contribution in [0.2, 0.25) is 0 Å². The molecule has 122 valence electrons. The summed E-state index contributed by atoms with van der Waals surface area (Å²) in [5, 5.41) is 10.6. The maximum absolute atomic E-state index is 12.3. The van der Waals surface area contributed by atoms with Crippen LogP contribution in [0.25, 0.3) is 0 Å². The van der Waals surface area contributed by atoms with Gasteiger partial charge in [-0.25, -0.2) is 0 Å². The van der Waals surface area contributed by atoms with Gasteiger partial charge in [-0.15, -0.1) is 24.2 Å². The molecule has 0 bridgehead atoms. The number of nitrogens with zero attached hydrogens (tertiary/aromatic N) is 2. The van der Waals surface area contributed by atoms with Gasteiger partial charge in [-0.2, -0.15) is 0 Å². The van der Waals surface area contributed by atoms with E-state index in [9.17, 15) is 14.9 Å². The third-order valence-corrected chi connectivity index (χ3v) is 4.63. The van der Waals surface area contributed by atoms with Gasteiger partial charge in [0.05, 0.1) is 10.7 Å². The summed E-state index contributed by atoms with van der Waals surface area (Å²) < 4.78 is 0. The van der Waals surface area contributed by atoms with E-state index in [-0.39, 0.29) is 30.0 Å². The van der Waals surface area contributed by atoms with E-state index in [4.69, 9.17) is 5.73 Å². The van der Waals surface area contributed by atoms with Crippen molar-refractivity contribution in [3.05, 3.63) is 34.4 Å². The lowest BCUT2D eigenvalue weighted by Gasteiger charge is -2.35. The number of halogens is 1. The minimum atomic E-state index is -0.431. The maximum atomic E-state index is 12.3. The first kappa shape index (κ1) is 18.7. The Morgan fingerprint density at radius 1 is 1.36 bits per heavy atom. The van der Waals surface area contributed by atoms with E-state index in [0.29, 0.717) is 12.3 Å². The first-order valence-electron chi connectivity index (χ1n) is 6.98. The molecule has 1 atom stereocenters. The van der Waals surface area contributed by atoms with E-state index in [1.165, 1.54) is 23.9 Å². The van der Waals surface area contributed by atoms with Crippen LogP contribution in [-0.4, -0.2) is 40.6 Å². The van der Waals surface area contributed by atoms with Crippen LogP contribution in [0.15, 0.2) is 29.2 Å². The lowest BCUT2D eigenvalue weighted by Crippen LogP contribution is -2.48. The SMILES string of the molecule is Cl.NCC1CCCCN1C(=O)CSc1ccc([N+](=O)[O-])cc1. The van der Waals surface area contributed by atoms with Crippen molar-refractivity contribution in [1.29, 1.82) is 0 Å². The number of benzene rings is 1. The topological polar surface area (TPSA) is 89.5 Å². The summed E-state index contributed by atoms with van der Waals surface area (Å²) in [4.78, 5) is 25.1. The fraction of sp³-hybridized carbons (Fsp3) is 0.500. The number of hydrogen-bond acceptors (Lipinski definition) is 5. The molecule has 0 spiro atoms. The second kappa shape index (κ2) is 8.97. The first-order chi connectivity index (χ1) is 10.1. The Kier molecular flexibility index (Phi) is 7.64. The molecule has 1 unspecified atom stereocenters. The van der Waals surface area contributed by atoms with E-state index in [1.807, 2.05) is 4.90 Å². The fourth-order valence-corrected chi connectivity index (χ4v) is 3.25. The maximum Gasteiger partial charge on any atom is 0.269 e. The minimum Gasteiger partial charge on any atom is -0.338 e. The highest BCUT2D eigenvalue weighted by Gasteiger charge is 2.25. The van der Waals surface area contributed by atoms with E-state index in [0.717, 1.165) is 30.7 Å². The van der Waals surface area contributed by atoms with Gasteiger partial charge in [0, 0.05) is 36.2 Å². The quantitative estimate of drug-likeness (QED) is 0.503. The van der Waals surface area contributed by atoms with Crippen LogP contribution < -0.4 is 5.73 Å². The zero-order valence-corrected chi connectivity index (χ0v) is 13.8. The number of nitro benzene ring substituents is 1. The normalized spacial score (nSPS) is 17.7. The second-order valence-electron chi connectivity index (χ2n) is 5.01. The van der Waals surface area contributed by atoms with Crippen LogP contribution >= 0.6 is 24.2 Å². The van der Waals surface area contributed by atoms with Crippen molar-refractivity contribution < 1.29 is 9.72 Å². The van der Waals surface area contributed by atoms with Gasteiger partial charge in [0.1, 0.15) is 0 Å². The molecule has 1 saturated heterocycles. The highest BCUT2D eigenvalue weighted by molar-refractivity contribution is 8.00. The molecule has 1 amide bonds. The molecule has 1 fully saturated rings. The van der Waals surface area contributed by atoms with Crippen molar-refractivity contribution in [2.75, 3.05) is 18.8 Å². The van der Waals surface area contributed by atoms with Crippen LogP contribution in [0, 0.1) is 10.1 Å². The standard InChI is InChI=1S/C14H19N3O3S.ClH/c15-9-12-3-1-2-8-16(12)14(18)10-21-13-6-4-11(5-7-13)17(19)20;/h4-7,12H,1-3,8-10,15H2;1H. The van der Waals surface area contributed by atoms with Crippen molar-refractivity contribution in [1.82, 2.24) is 4.90 Å². The monoisotopic (exact) mass is 345 g/mol. The fourth-order valence-electron chi connectivity index (χ4n) is 2.47. The van der Waals surface area contributed by atoms with Crippen molar-refractivity contribution >= 4 is 35.8 Å². The Morgan fingerprint density at radius 3 is 2.64 bits per heavy atom. The zero-order valence-electron chi connectivity index (χ0n) is 12.1. The van der Waals surface area contributed by atoms with Crippen molar-refractivity contribution in [3.8, 4) is 0 Å². The van der Waals surface area contributed by atoms with Crippen LogP contribution in [0.4, 0.5) is 5.69 Å². The number of likely N-dealkylation sites (tertiary alicyclic amines) is 1. The van der Waals surface area contributed by atoms with E-state index in [2.05, 4.69) is 0 Å². The highest BCUT2D eigenvalue weighted by Crippen LogP contribution is 2.23. The van der Waals surface area contributed by atoms with Crippen LogP contribution in [0.5, 0.6) is 0 Å². The highest BCUT2D eigenvalue weighted by atomic mass is 35.5. The molecule has 0 aromatic heterocycles. The van der Waals surface area contributed by atoms with Gasteiger partial charge >= 0.3 is 0 Å². The van der Waals surface area contributed by atoms with E-state index in [1.54, 1.807) is 12.1 Å². The van der Waals surface area contributed by atoms with Crippen molar-refractivity contribution in [3.63, 3.8) is 0 Å². The third kappa shape index (κ3) is 4.86. The number of nitrogens with two attached hydrogens (primary N) is 1. The van der Waals surface area contributed by atoms with E-state index < -0.39 is 4.92 Å². The lowest BCUT2D eigenvalue weighted by atomic mass is 10.0. The van der Waals surface area contributed by atoms with Gasteiger partial charge in [0.2, 0.25) is 5.91 Å². The number of carbonyl (C=O) groups is 1. The Balaban J connectivity index is 0.00000242. The van der Waals surface area contributed by atoms with Crippen LogP contribution in [0.3, 0.4) is 0 Å². The lowest BCUT2D eigenvalue weighted by molar-refractivity contribution is -0.384. The number of amides is 1. The largest absolute Gasteiger partial charge is 0.338 e. The molecule has 1 aromatic rings. The number of hydrogen-bond donors (Lipinski definition) is 1. The molecule has 0 saturated carbocycles. The molecule has 2 rings (SSSR count). The molecule has 8 heteroatoms. The molecular formula is C14H20ClN3O3S. The summed E-state index contributed by atoms with van der Waals surface area (Å²) >= 11 is 1.40. The zero-order chi connectivity index (χ0) is 15.2. The first-order valence-corrected chi connectivity index (χ1v) is 7.97. The molecule has 0 aliphatic carbocycles. The molecule has 2 N–H and O–H groups in total. The summed E-state index contributed by atoms with van der Waals surface area (Å²) in [6.45, 7) is 1.29. The van der Waals surface area contributed by atoms with Gasteiger partial charge in [0.15, 0.2) is 0 Å². The molecule has 1 aliphatic heterocycles. The summed E-state index contributed by atoms with van der Waals surface area (Å²) in [6.07, 6.45) is 3.13. The molecule has 0 radical (unpaired) electrons. The number of non-ortho nitro benzene ring substituents is 1. The third-order valence-electron chi connectivity index (χ3n) is 3.63. The number of thioether (sulfide) groups is 1. The Bertz CT molecular complexity index is 513. The molecular weight excluding hydrogens is 326 g/mol. The molecule has 1 aliphatic rings. The Labute approximate surface area is 140 Å². The molecule has 1 aromatic carbocycles. The number of nitro groups is 1. The van der Waals surface area contributed by atoms with Crippen LogP contribution in [0.1, 0.15) is 19.3 Å². The van der Waals surface area contributed by atoms with E-state index >= 15 is 0 Å². The summed E-state index contributed by atoms with van der Waals surface area (Å²) in [6, 6.07) is 6.41. The second-order valence-corrected chi connectivity index (χ2v) is 6.06. The molecule has 22 heavy (non-hydrogen) atoms.